The fourth-order valence-corrected chi connectivity index (χ4v) is 5.98. The van der Waals surface area contributed by atoms with E-state index in [-0.39, 0.29) is 17.2 Å². The molecule has 7 rings (SSSR count). The zero-order valence-corrected chi connectivity index (χ0v) is 29.9. The lowest BCUT2D eigenvalue weighted by atomic mass is 10.1. The number of aliphatic imine (C=N–C) groups is 6. The Morgan fingerprint density at radius 3 is 0.630 bits per heavy atom. The quantitative estimate of drug-likeness (QED) is 0.145. The van der Waals surface area contributed by atoms with Crippen molar-refractivity contribution in [3.63, 3.8) is 0 Å². The summed E-state index contributed by atoms with van der Waals surface area (Å²) in [6, 6.07) is 33.2. The molecule has 6 bridgehead atoms. The number of phenols is 3. The fraction of sp³-hybridized carbons (Fsp3) is 0.0667. The Hall–Kier alpha value is -7.26. The largest absolute Gasteiger partial charge is 0.507 e. The second-order valence-electron chi connectivity index (χ2n) is 12.9. The third kappa shape index (κ3) is 7.95. The summed E-state index contributed by atoms with van der Waals surface area (Å²) in [5.41, 5.74) is 9.23. The summed E-state index contributed by atoms with van der Waals surface area (Å²) in [4.78, 5) is 28.2. The van der Waals surface area contributed by atoms with Crippen molar-refractivity contribution in [3.05, 3.63) is 159 Å². The minimum absolute atomic E-state index is 0.0207. The Morgan fingerprint density at radius 1 is 0.296 bits per heavy atom. The molecule has 1 aliphatic heterocycles. The Labute approximate surface area is 313 Å². The molecule has 0 unspecified atom stereocenters. The van der Waals surface area contributed by atoms with E-state index in [2.05, 4.69) is 0 Å². The highest BCUT2D eigenvalue weighted by Gasteiger charge is 2.11. The van der Waals surface area contributed by atoms with E-state index in [4.69, 9.17) is 30.0 Å². The summed E-state index contributed by atoms with van der Waals surface area (Å²) in [7, 11) is 0. The molecule has 54 heavy (non-hydrogen) atoms. The number of hydrogen-bond donors (Lipinski definition) is 3. The van der Waals surface area contributed by atoms with Crippen LogP contribution < -0.4 is 0 Å². The molecule has 0 saturated carbocycles. The second-order valence-corrected chi connectivity index (χ2v) is 12.9. The van der Waals surface area contributed by atoms with Gasteiger partial charge in [0.25, 0.3) is 0 Å². The smallest absolute Gasteiger partial charge is 0.133 e. The summed E-state index contributed by atoms with van der Waals surface area (Å²) >= 11 is 0. The normalized spacial score (nSPS) is 16.1. The third-order valence-electron chi connectivity index (χ3n) is 8.64. The standard InChI is InChI=1S/C45H36N6O3/c1-28-16-31-22-46-37-10-4-6-12-39(37)48-24-33-18-29(2)20-35(44(33)53)26-50-41-14-8-9-15-42(41)51-27-36-21-30(3)19-34(45(36)54)25-49-40-13-7-5-11-38(40)47-23-32(17-28)43(31)52/h4-27,52-54H,1-3H3/b46-22+,47-23+,48-24+,49-25+,50-26+,51-27+. The van der Waals surface area contributed by atoms with Gasteiger partial charge in [0.2, 0.25) is 0 Å². The van der Waals surface area contributed by atoms with Gasteiger partial charge in [0.05, 0.1) is 34.1 Å². The van der Waals surface area contributed by atoms with Crippen LogP contribution in [-0.2, 0) is 0 Å². The number of rotatable bonds is 0. The molecule has 0 saturated heterocycles. The number of hydrogen-bond acceptors (Lipinski definition) is 9. The Morgan fingerprint density at radius 2 is 0.463 bits per heavy atom. The van der Waals surface area contributed by atoms with E-state index < -0.39 is 0 Å². The summed E-state index contributed by atoms with van der Waals surface area (Å²) < 4.78 is 0. The van der Waals surface area contributed by atoms with Gasteiger partial charge in [-0.2, -0.15) is 0 Å². The number of nitrogens with zero attached hydrogens (tertiary/aromatic N) is 6. The fourth-order valence-electron chi connectivity index (χ4n) is 5.98. The summed E-state index contributed by atoms with van der Waals surface area (Å²) in [6.07, 6.45) is 9.59. The van der Waals surface area contributed by atoms with E-state index >= 15 is 0 Å². The van der Waals surface area contributed by atoms with Crippen LogP contribution in [-0.4, -0.2) is 52.6 Å². The topological polar surface area (TPSA) is 135 Å². The lowest BCUT2D eigenvalue weighted by molar-refractivity contribution is 0.473. The molecule has 1 aliphatic rings. The van der Waals surface area contributed by atoms with Crippen molar-refractivity contribution in [2.24, 2.45) is 30.0 Å². The summed E-state index contributed by atoms with van der Waals surface area (Å²) in [5.74, 6) is 0.0620. The van der Waals surface area contributed by atoms with Gasteiger partial charge in [-0.1, -0.05) is 36.4 Å². The van der Waals surface area contributed by atoms with Crippen LogP contribution in [0.25, 0.3) is 0 Å². The lowest BCUT2D eigenvalue weighted by Gasteiger charge is -2.07. The number of phenolic OH excluding ortho intramolecular Hbond substituents is 3. The first-order valence-electron chi connectivity index (χ1n) is 17.2. The van der Waals surface area contributed by atoms with Crippen LogP contribution in [0, 0.1) is 20.8 Å². The first kappa shape index (κ1) is 35.2. The highest BCUT2D eigenvalue weighted by atomic mass is 16.3. The average Bonchev–Trinajstić information content (AvgIpc) is 3.17. The Balaban J connectivity index is 1.38. The van der Waals surface area contributed by atoms with E-state index in [0.717, 1.165) is 16.7 Å². The van der Waals surface area contributed by atoms with Gasteiger partial charge in [-0.3, -0.25) is 30.0 Å². The maximum absolute atomic E-state index is 11.3. The molecular weight excluding hydrogens is 673 g/mol. The highest BCUT2D eigenvalue weighted by Crippen LogP contribution is 2.33. The molecule has 9 nitrogen and oxygen atoms in total. The summed E-state index contributed by atoms with van der Waals surface area (Å²) in [5, 5.41) is 33.9. The van der Waals surface area contributed by atoms with Crippen LogP contribution in [0.5, 0.6) is 17.2 Å². The minimum atomic E-state index is 0.0207. The van der Waals surface area contributed by atoms with E-state index in [1.165, 1.54) is 0 Å². The van der Waals surface area contributed by atoms with Gasteiger partial charge in [0.1, 0.15) is 17.2 Å². The van der Waals surface area contributed by atoms with Gasteiger partial charge in [-0.05, 0) is 110 Å². The number of para-hydroxylation sites is 6. The summed E-state index contributed by atoms with van der Waals surface area (Å²) in [6.45, 7) is 5.81. The van der Waals surface area contributed by atoms with E-state index in [1.54, 1.807) is 37.3 Å². The molecule has 0 aromatic heterocycles. The molecular formula is C45H36N6O3. The van der Waals surface area contributed by atoms with Crippen molar-refractivity contribution >= 4 is 71.4 Å². The van der Waals surface area contributed by atoms with Gasteiger partial charge in [0.15, 0.2) is 0 Å². The van der Waals surface area contributed by atoms with Gasteiger partial charge in [-0.25, -0.2) is 0 Å². The SMILES string of the molecule is Cc1cc2c(O)c(c1)/C=N/c1ccccc1/N=C/c1cc(C)cc(c1O)/C=N/c1ccccc1/N=C/c1cc(C)cc(c1O)/C=N/c1ccccc1/N=C/2. The van der Waals surface area contributed by atoms with Crippen molar-refractivity contribution < 1.29 is 15.3 Å². The van der Waals surface area contributed by atoms with Crippen LogP contribution in [0.4, 0.5) is 34.1 Å². The predicted molar refractivity (Wildman–Crippen MR) is 221 cm³/mol. The number of fused-ring (bicyclic) bond motifs is 9. The molecule has 0 spiro atoms. The molecule has 0 atom stereocenters. The average molecular weight is 709 g/mol. The van der Waals surface area contributed by atoms with Crippen molar-refractivity contribution in [2.75, 3.05) is 0 Å². The molecule has 3 N–H and O–H groups in total. The van der Waals surface area contributed by atoms with Crippen LogP contribution in [0.3, 0.4) is 0 Å². The van der Waals surface area contributed by atoms with Crippen molar-refractivity contribution in [1.29, 1.82) is 0 Å². The highest BCUT2D eigenvalue weighted by molar-refractivity contribution is 5.98. The van der Waals surface area contributed by atoms with E-state index in [9.17, 15) is 15.3 Å². The molecule has 0 radical (unpaired) electrons. The zero-order chi connectivity index (χ0) is 37.6. The molecule has 0 amide bonds. The van der Waals surface area contributed by atoms with Crippen LogP contribution in [0.2, 0.25) is 0 Å². The van der Waals surface area contributed by atoms with Gasteiger partial charge in [0, 0.05) is 70.7 Å². The Kier molecular flexibility index (Phi) is 10.1. The molecule has 0 fully saturated rings. The molecule has 1 heterocycles. The van der Waals surface area contributed by atoms with Gasteiger partial charge in [-0.15, -0.1) is 0 Å². The first-order chi connectivity index (χ1) is 26.2. The maximum Gasteiger partial charge on any atom is 0.133 e. The van der Waals surface area contributed by atoms with Crippen LogP contribution in [0.15, 0.2) is 139 Å². The number of benzene rings is 6. The first-order valence-corrected chi connectivity index (χ1v) is 17.2. The second kappa shape index (κ2) is 15.5. The molecule has 264 valence electrons. The molecule has 0 aliphatic carbocycles. The molecule has 9 heteroatoms. The van der Waals surface area contributed by atoms with Crippen molar-refractivity contribution in [3.8, 4) is 17.2 Å². The molecule has 6 aromatic carbocycles. The maximum atomic E-state index is 11.3. The number of aryl methyl sites for hydroxylation is 3. The number of aromatic hydroxyl groups is 3. The zero-order valence-electron chi connectivity index (χ0n) is 29.9. The van der Waals surface area contributed by atoms with Gasteiger partial charge >= 0.3 is 0 Å². The minimum Gasteiger partial charge on any atom is -0.507 e. The van der Waals surface area contributed by atoms with E-state index in [0.29, 0.717) is 67.5 Å². The van der Waals surface area contributed by atoms with Crippen LogP contribution in [0.1, 0.15) is 50.1 Å². The Bertz CT molecular complexity index is 2140. The van der Waals surface area contributed by atoms with Gasteiger partial charge < -0.3 is 15.3 Å². The van der Waals surface area contributed by atoms with Crippen LogP contribution >= 0.6 is 0 Å². The van der Waals surface area contributed by atoms with Crippen molar-refractivity contribution in [2.45, 2.75) is 20.8 Å². The molecule has 6 aromatic rings. The lowest BCUT2D eigenvalue weighted by Crippen LogP contribution is -1.92. The predicted octanol–water partition coefficient (Wildman–Crippen LogP) is 10.5. The third-order valence-corrected chi connectivity index (χ3v) is 8.64. The monoisotopic (exact) mass is 708 g/mol. The van der Waals surface area contributed by atoms with E-state index in [1.807, 2.05) is 130 Å². The van der Waals surface area contributed by atoms with Crippen molar-refractivity contribution in [1.82, 2.24) is 0 Å².